The molecular formula is C47H90ClN3O6P+. The van der Waals surface area contributed by atoms with Crippen molar-refractivity contribution >= 4 is 31.1 Å². The molecule has 58 heavy (non-hydrogen) atoms. The number of likely N-dealkylation sites (N-methyl/N-ethyl adjacent to an activating group) is 1. The van der Waals surface area contributed by atoms with Crippen molar-refractivity contribution < 1.29 is 32.5 Å². The average Bonchev–Trinajstić information content (AvgIpc) is 3.17. The maximum atomic E-state index is 13.7. The largest absolute Gasteiger partial charge is 0.472 e. The highest BCUT2D eigenvalue weighted by Gasteiger charge is 2.30. The molecule has 9 nitrogen and oxygen atoms in total. The number of hydrogen-bond donors (Lipinski definition) is 2. The summed E-state index contributed by atoms with van der Waals surface area (Å²) in [6, 6.07) is 6.71. The van der Waals surface area contributed by atoms with Crippen LogP contribution in [0.15, 0.2) is 24.3 Å². The van der Waals surface area contributed by atoms with Gasteiger partial charge in [0.25, 0.3) is 0 Å². The number of phosphoric ester groups is 1. The van der Waals surface area contributed by atoms with Crippen molar-refractivity contribution in [1.29, 1.82) is 0 Å². The molecule has 0 aromatic heterocycles. The van der Waals surface area contributed by atoms with E-state index in [-0.39, 0.29) is 25.8 Å². The second kappa shape index (κ2) is 36.5. The average molecular weight is 860 g/mol. The topological polar surface area (TPSA) is 97.3 Å². The zero-order chi connectivity index (χ0) is 42.6. The van der Waals surface area contributed by atoms with Crippen LogP contribution >= 0.6 is 19.4 Å². The van der Waals surface area contributed by atoms with E-state index in [0.29, 0.717) is 34.9 Å². The van der Waals surface area contributed by atoms with Crippen molar-refractivity contribution in [1.82, 2.24) is 4.90 Å². The van der Waals surface area contributed by atoms with Crippen LogP contribution in [0.2, 0.25) is 5.02 Å². The molecule has 0 aliphatic carbocycles. The molecule has 2 N–H and O–H groups in total. The number of carbonyl (C=O) groups is 1. The van der Waals surface area contributed by atoms with Crippen LogP contribution in [-0.4, -0.2) is 87.0 Å². The molecule has 340 valence electrons. The van der Waals surface area contributed by atoms with Gasteiger partial charge in [-0.25, -0.2) is 9.36 Å². The summed E-state index contributed by atoms with van der Waals surface area (Å²) < 4.78 is 31.0. The van der Waals surface area contributed by atoms with Crippen molar-refractivity contribution in [3.8, 4) is 0 Å². The van der Waals surface area contributed by atoms with Crippen molar-refractivity contribution in [3.63, 3.8) is 0 Å². The van der Waals surface area contributed by atoms with Gasteiger partial charge in [0.05, 0.1) is 34.3 Å². The number of amides is 2. The van der Waals surface area contributed by atoms with Crippen molar-refractivity contribution in [2.75, 3.05) is 65.9 Å². The lowest BCUT2D eigenvalue weighted by Gasteiger charge is -2.29. The summed E-state index contributed by atoms with van der Waals surface area (Å²) in [6.45, 7) is 6.37. The smallest absolute Gasteiger partial charge is 0.379 e. The fraction of sp³-hybridized carbons (Fsp3) is 0.851. The van der Waals surface area contributed by atoms with E-state index >= 15 is 0 Å². The first-order chi connectivity index (χ1) is 28.0. The number of rotatable bonds is 41. The summed E-state index contributed by atoms with van der Waals surface area (Å²) in [4.78, 5) is 26.1. The number of unbranched alkanes of at least 4 members (excludes halogenated alkanes) is 26. The Bertz CT molecular complexity index is 1140. The van der Waals surface area contributed by atoms with E-state index in [1.54, 1.807) is 29.2 Å². The molecule has 1 rings (SSSR count). The number of nitrogens with zero attached hydrogens (tertiary/aromatic N) is 2. The van der Waals surface area contributed by atoms with Gasteiger partial charge in [0.15, 0.2) is 0 Å². The predicted molar refractivity (Wildman–Crippen MR) is 247 cm³/mol. The SMILES string of the molecule is CCCCCCCCCCCCCCCCOCC(CN(CCCCCCCCCCCCCCCC)C(=O)Nc1ccc(Cl)cc1)OP(=O)(O)OCC[N+](C)(C)C. The van der Waals surface area contributed by atoms with Crippen LogP contribution in [0.3, 0.4) is 0 Å². The lowest BCUT2D eigenvalue weighted by Crippen LogP contribution is -2.43. The lowest BCUT2D eigenvalue weighted by molar-refractivity contribution is -0.870. The van der Waals surface area contributed by atoms with Crippen molar-refractivity contribution in [3.05, 3.63) is 29.3 Å². The molecule has 0 heterocycles. The third-order valence-corrected chi connectivity index (χ3v) is 12.2. The first kappa shape index (κ1) is 54.8. The van der Waals surface area contributed by atoms with Gasteiger partial charge in [-0.05, 0) is 37.1 Å². The van der Waals surface area contributed by atoms with E-state index in [4.69, 9.17) is 25.4 Å². The first-order valence-corrected chi connectivity index (χ1v) is 25.7. The fourth-order valence-electron chi connectivity index (χ4n) is 7.13. The van der Waals surface area contributed by atoms with Crippen molar-refractivity contribution in [2.45, 2.75) is 200 Å². The Balaban J connectivity index is 2.66. The first-order valence-electron chi connectivity index (χ1n) is 23.8. The number of nitrogens with one attached hydrogen (secondary N) is 1. The Hall–Kier alpha value is -1.19. The fourth-order valence-corrected chi connectivity index (χ4v) is 8.14. The summed E-state index contributed by atoms with van der Waals surface area (Å²) in [6.07, 6.45) is 34.7. The van der Waals surface area contributed by atoms with Crippen LogP contribution in [0.5, 0.6) is 0 Å². The minimum absolute atomic E-state index is 0.0731. The lowest BCUT2D eigenvalue weighted by atomic mass is 10.0. The molecule has 0 spiro atoms. The second-order valence-electron chi connectivity index (χ2n) is 17.7. The molecule has 2 amide bonds. The summed E-state index contributed by atoms with van der Waals surface area (Å²) in [5.74, 6) is 0. The van der Waals surface area contributed by atoms with Gasteiger partial charge >= 0.3 is 13.9 Å². The summed E-state index contributed by atoms with van der Waals surface area (Å²) >= 11 is 6.10. The minimum atomic E-state index is -4.41. The Morgan fingerprint density at radius 1 is 0.672 bits per heavy atom. The standard InChI is InChI=1S/C47H89ClN3O6P/c1-6-8-10-12-14-16-18-20-22-24-26-28-30-32-38-50(47(52)49-45-36-34-44(48)35-37-45)42-46(57-58(53,54)56-41-39-51(3,4)5)43-55-40-33-31-29-27-25-23-21-19-17-15-13-11-9-7-2/h34-37,46H,6-33,38-43H2,1-5H3,(H-,49,52,53,54)/p+1. The summed E-state index contributed by atoms with van der Waals surface area (Å²) in [7, 11) is 1.58. The zero-order valence-corrected chi connectivity index (χ0v) is 39.8. The molecule has 0 fully saturated rings. The van der Waals surface area contributed by atoms with Gasteiger partial charge in [0.1, 0.15) is 19.3 Å². The van der Waals surface area contributed by atoms with Gasteiger partial charge in [0.2, 0.25) is 0 Å². The molecule has 0 aliphatic heterocycles. The summed E-state index contributed by atoms with van der Waals surface area (Å²) in [5, 5.41) is 3.57. The number of phosphoric acid groups is 1. The Morgan fingerprint density at radius 2 is 1.09 bits per heavy atom. The molecule has 1 aromatic rings. The monoisotopic (exact) mass is 859 g/mol. The number of benzene rings is 1. The number of anilines is 1. The highest BCUT2D eigenvalue weighted by molar-refractivity contribution is 7.47. The van der Waals surface area contributed by atoms with E-state index in [1.165, 1.54) is 148 Å². The molecule has 1 aromatic carbocycles. The van der Waals surface area contributed by atoms with Gasteiger partial charge in [-0.3, -0.25) is 9.05 Å². The van der Waals surface area contributed by atoms with E-state index in [1.807, 2.05) is 21.1 Å². The molecule has 0 saturated carbocycles. The van der Waals surface area contributed by atoms with Crippen LogP contribution in [0.1, 0.15) is 194 Å². The Labute approximate surface area is 362 Å². The molecule has 2 atom stereocenters. The molecule has 0 radical (unpaired) electrons. The molecular weight excluding hydrogens is 769 g/mol. The third kappa shape index (κ3) is 34.5. The van der Waals surface area contributed by atoms with Gasteiger partial charge in [-0.15, -0.1) is 0 Å². The molecule has 0 saturated heterocycles. The number of ether oxygens (including phenoxy) is 1. The molecule has 11 heteroatoms. The van der Waals surface area contributed by atoms with Crippen LogP contribution in [-0.2, 0) is 18.3 Å². The van der Waals surface area contributed by atoms with Crippen LogP contribution in [0.4, 0.5) is 10.5 Å². The molecule has 2 unspecified atom stereocenters. The van der Waals surface area contributed by atoms with Gasteiger partial charge < -0.3 is 24.3 Å². The molecule has 0 aliphatic rings. The van der Waals surface area contributed by atoms with Crippen LogP contribution < -0.4 is 5.32 Å². The van der Waals surface area contributed by atoms with Gasteiger partial charge in [-0.2, -0.15) is 0 Å². The number of quaternary nitrogens is 1. The summed E-state index contributed by atoms with van der Waals surface area (Å²) in [5.41, 5.74) is 0.628. The predicted octanol–water partition coefficient (Wildman–Crippen LogP) is 14.4. The maximum absolute atomic E-state index is 13.7. The highest BCUT2D eigenvalue weighted by Crippen LogP contribution is 2.44. The van der Waals surface area contributed by atoms with Gasteiger partial charge in [-0.1, -0.05) is 192 Å². The number of urea groups is 1. The third-order valence-electron chi connectivity index (χ3n) is 10.8. The van der Waals surface area contributed by atoms with Crippen molar-refractivity contribution in [2.24, 2.45) is 0 Å². The van der Waals surface area contributed by atoms with E-state index in [2.05, 4.69) is 19.2 Å². The zero-order valence-electron chi connectivity index (χ0n) is 38.1. The minimum Gasteiger partial charge on any atom is -0.379 e. The second-order valence-corrected chi connectivity index (χ2v) is 19.5. The molecule has 0 bridgehead atoms. The van der Waals surface area contributed by atoms with Crippen LogP contribution in [0, 0.1) is 0 Å². The maximum Gasteiger partial charge on any atom is 0.472 e. The Kier molecular flexibility index (Phi) is 34.5. The number of carbonyl (C=O) groups excluding carboxylic acids is 1. The highest BCUT2D eigenvalue weighted by atomic mass is 35.5. The van der Waals surface area contributed by atoms with E-state index in [0.717, 1.165) is 32.1 Å². The van der Waals surface area contributed by atoms with Crippen LogP contribution in [0.25, 0.3) is 0 Å². The normalized spacial score (nSPS) is 13.4. The van der Waals surface area contributed by atoms with E-state index in [9.17, 15) is 14.3 Å². The van der Waals surface area contributed by atoms with Gasteiger partial charge in [0, 0.05) is 23.9 Å². The van der Waals surface area contributed by atoms with E-state index < -0.39 is 13.9 Å². The number of hydrogen-bond acceptors (Lipinski definition) is 5. The number of halogens is 1. The Morgan fingerprint density at radius 3 is 1.52 bits per heavy atom. The quantitative estimate of drug-likeness (QED) is 0.0387.